The van der Waals surface area contributed by atoms with E-state index < -0.39 is 0 Å². The number of halogens is 1. The monoisotopic (exact) mass is 445 g/mol. The van der Waals surface area contributed by atoms with Crippen molar-refractivity contribution in [1.29, 1.82) is 0 Å². The third kappa shape index (κ3) is 4.63. The Morgan fingerprint density at radius 3 is 2.28 bits per heavy atom. The number of amides is 1. The first-order valence-electron chi connectivity index (χ1n) is 9.34. The molecule has 0 saturated carbocycles. The van der Waals surface area contributed by atoms with Crippen molar-refractivity contribution < 1.29 is 4.79 Å². The van der Waals surface area contributed by atoms with Gasteiger partial charge in [-0.25, -0.2) is 0 Å². The molecule has 1 aromatic heterocycles. The summed E-state index contributed by atoms with van der Waals surface area (Å²) < 4.78 is 2.56. The van der Waals surface area contributed by atoms with Crippen LogP contribution in [0.3, 0.4) is 0 Å². The Bertz CT molecular complexity index is 1120. The highest BCUT2D eigenvalue weighted by atomic mass is 79.9. The van der Waals surface area contributed by atoms with E-state index in [2.05, 4.69) is 57.5 Å². The molecule has 0 unspecified atom stereocenters. The summed E-state index contributed by atoms with van der Waals surface area (Å²) in [6.45, 7) is 2.70. The maximum Gasteiger partial charge on any atom is 0.256 e. The lowest BCUT2D eigenvalue weighted by Gasteiger charge is -2.05. The SMILES string of the molecule is Cc1ccc(Cn2cc(Br)c(NC(=O)c3ccc(-c4ccccc4)cc3)n2)cc1. The quantitative estimate of drug-likeness (QED) is 0.414. The minimum absolute atomic E-state index is 0.189. The van der Waals surface area contributed by atoms with Crippen LogP contribution in [0.15, 0.2) is 89.5 Å². The molecule has 0 fully saturated rings. The topological polar surface area (TPSA) is 46.9 Å². The van der Waals surface area contributed by atoms with Crippen molar-refractivity contribution >= 4 is 27.7 Å². The minimum atomic E-state index is -0.189. The molecule has 144 valence electrons. The van der Waals surface area contributed by atoms with Gasteiger partial charge in [0.05, 0.1) is 11.0 Å². The summed E-state index contributed by atoms with van der Waals surface area (Å²) in [4.78, 5) is 12.6. The maximum atomic E-state index is 12.6. The van der Waals surface area contributed by atoms with Crippen molar-refractivity contribution in [2.45, 2.75) is 13.5 Å². The van der Waals surface area contributed by atoms with Gasteiger partial charge in [0.2, 0.25) is 0 Å². The van der Waals surface area contributed by atoms with Crippen LogP contribution in [-0.2, 0) is 6.54 Å². The fourth-order valence-electron chi connectivity index (χ4n) is 3.07. The number of carbonyl (C=O) groups excluding carboxylic acids is 1. The second-order valence-corrected chi connectivity index (χ2v) is 7.76. The highest BCUT2D eigenvalue weighted by molar-refractivity contribution is 9.10. The fourth-order valence-corrected chi connectivity index (χ4v) is 3.48. The van der Waals surface area contributed by atoms with E-state index in [9.17, 15) is 4.79 Å². The number of benzene rings is 3. The van der Waals surface area contributed by atoms with E-state index in [-0.39, 0.29) is 5.91 Å². The van der Waals surface area contributed by atoms with Crippen LogP contribution >= 0.6 is 15.9 Å². The van der Waals surface area contributed by atoms with Crippen molar-refractivity contribution in [1.82, 2.24) is 9.78 Å². The molecular weight excluding hydrogens is 426 g/mol. The van der Waals surface area contributed by atoms with E-state index in [4.69, 9.17) is 0 Å². The molecule has 29 heavy (non-hydrogen) atoms. The third-order valence-corrected chi connectivity index (χ3v) is 5.25. The molecule has 0 aliphatic carbocycles. The number of hydrogen-bond donors (Lipinski definition) is 1. The van der Waals surface area contributed by atoms with E-state index >= 15 is 0 Å². The van der Waals surface area contributed by atoms with E-state index in [1.54, 1.807) is 0 Å². The first-order valence-corrected chi connectivity index (χ1v) is 10.1. The maximum absolute atomic E-state index is 12.6. The Kier molecular flexibility index (Phi) is 5.58. The average Bonchev–Trinajstić information content (AvgIpc) is 3.09. The molecule has 1 amide bonds. The number of carbonyl (C=O) groups is 1. The lowest BCUT2D eigenvalue weighted by Crippen LogP contribution is -2.13. The van der Waals surface area contributed by atoms with Crippen molar-refractivity contribution in [2.75, 3.05) is 5.32 Å². The number of anilines is 1. The van der Waals surface area contributed by atoms with Crippen LogP contribution in [0.2, 0.25) is 0 Å². The van der Waals surface area contributed by atoms with Crippen molar-refractivity contribution in [3.63, 3.8) is 0 Å². The van der Waals surface area contributed by atoms with Gasteiger partial charge in [-0.2, -0.15) is 5.10 Å². The zero-order valence-corrected chi connectivity index (χ0v) is 17.6. The molecular formula is C24H20BrN3O. The standard InChI is InChI=1S/C24H20BrN3O/c1-17-7-9-18(10-8-17)15-28-16-22(25)23(27-28)26-24(29)21-13-11-20(12-14-21)19-5-3-2-4-6-19/h2-14,16H,15H2,1H3,(H,26,27,29). The van der Waals surface area contributed by atoms with Gasteiger partial charge in [-0.15, -0.1) is 0 Å². The molecule has 5 heteroatoms. The minimum Gasteiger partial charge on any atom is -0.304 e. The van der Waals surface area contributed by atoms with E-state index in [1.807, 2.05) is 65.5 Å². The first-order chi connectivity index (χ1) is 14.1. The Labute approximate surface area is 178 Å². The Balaban J connectivity index is 1.45. The van der Waals surface area contributed by atoms with Gasteiger partial charge in [0.15, 0.2) is 5.82 Å². The first kappa shape index (κ1) is 19.2. The zero-order chi connectivity index (χ0) is 20.2. The average molecular weight is 446 g/mol. The summed E-state index contributed by atoms with van der Waals surface area (Å²) >= 11 is 3.49. The normalized spacial score (nSPS) is 10.7. The molecule has 1 N–H and O–H groups in total. The second-order valence-electron chi connectivity index (χ2n) is 6.91. The predicted octanol–water partition coefficient (Wildman–Crippen LogP) is 5.92. The van der Waals surface area contributed by atoms with Gasteiger partial charge in [-0.1, -0.05) is 72.3 Å². The number of nitrogens with zero attached hydrogens (tertiary/aromatic N) is 2. The van der Waals surface area contributed by atoms with E-state index in [0.717, 1.165) is 21.2 Å². The lowest BCUT2D eigenvalue weighted by molar-refractivity contribution is 0.102. The van der Waals surface area contributed by atoms with E-state index in [0.29, 0.717) is 17.9 Å². The summed E-state index contributed by atoms with van der Waals surface area (Å²) in [6, 6.07) is 26.0. The third-order valence-electron chi connectivity index (χ3n) is 4.67. The van der Waals surface area contributed by atoms with Crippen LogP contribution in [0.5, 0.6) is 0 Å². The fraction of sp³-hybridized carbons (Fsp3) is 0.0833. The Morgan fingerprint density at radius 1 is 0.931 bits per heavy atom. The van der Waals surface area contributed by atoms with E-state index in [1.165, 1.54) is 5.56 Å². The van der Waals surface area contributed by atoms with Gasteiger partial charge in [-0.3, -0.25) is 9.48 Å². The summed E-state index contributed by atoms with van der Waals surface area (Å²) in [6.07, 6.45) is 1.87. The highest BCUT2D eigenvalue weighted by Crippen LogP contribution is 2.23. The summed E-state index contributed by atoms with van der Waals surface area (Å²) in [5, 5.41) is 7.38. The van der Waals surface area contributed by atoms with Gasteiger partial charge >= 0.3 is 0 Å². The molecule has 0 bridgehead atoms. The summed E-state index contributed by atoms with van der Waals surface area (Å²) in [7, 11) is 0. The van der Waals surface area contributed by atoms with Crippen molar-refractivity contribution in [3.05, 3.63) is 106 Å². The highest BCUT2D eigenvalue weighted by Gasteiger charge is 2.12. The van der Waals surface area contributed by atoms with Crippen LogP contribution in [0.1, 0.15) is 21.5 Å². The zero-order valence-electron chi connectivity index (χ0n) is 16.0. The number of aromatic nitrogens is 2. The molecule has 0 aliphatic heterocycles. The van der Waals surface area contributed by atoms with Gasteiger partial charge in [0, 0.05) is 11.8 Å². The molecule has 4 nitrogen and oxygen atoms in total. The molecule has 0 atom stereocenters. The summed E-state index contributed by atoms with van der Waals surface area (Å²) in [5.74, 6) is 0.320. The second kappa shape index (κ2) is 8.45. The molecule has 1 heterocycles. The molecule has 0 saturated heterocycles. The van der Waals surface area contributed by atoms with Crippen molar-refractivity contribution in [2.24, 2.45) is 0 Å². The largest absolute Gasteiger partial charge is 0.304 e. The predicted molar refractivity (Wildman–Crippen MR) is 120 cm³/mol. The molecule has 0 radical (unpaired) electrons. The van der Waals surface area contributed by atoms with Gasteiger partial charge in [0.1, 0.15) is 0 Å². The van der Waals surface area contributed by atoms with Crippen LogP contribution in [0.25, 0.3) is 11.1 Å². The Morgan fingerprint density at radius 2 is 1.59 bits per heavy atom. The molecule has 3 aromatic carbocycles. The van der Waals surface area contributed by atoms with Crippen LogP contribution in [0.4, 0.5) is 5.82 Å². The number of rotatable bonds is 5. The smallest absolute Gasteiger partial charge is 0.256 e. The number of aryl methyl sites for hydroxylation is 1. The lowest BCUT2D eigenvalue weighted by atomic mass is 10.0. The van der Waals surface area contributed by atoms with Gasteiger partial charge in [0.25, 0.3) is 5.91 Å². The number of hydrogen-bond acceptors (Lipinski definition) is 2. The number of nitrogens with one attached hydrogen (secondary N) is 1. The Hall–Kier alpha value is -3.18. The molecule has 0 aliphatic rings. The summed E-state index contributed by atoms with van der Waals surface area (Å²) in [5.41, 5.74) is 5.16. The van der Waals surface area contributed by atoms with Crippen LogP contribution in [0, 0.1) is 6.92 Å². The van der Waals surface area contributed by atoms with Crippen LogP contribution in [-0.4, -0.2) is 15.7 Å². The molecule has 4 rings (SSSR count). The molecule has 0 spiro atoms. The van der Waals surface area contributed by atoms with Crippen LogP contribution < -0.4 is 5.32 Å². The van der Waals surface area contributed by atoms with Gasteiger partial charge < -0.3 is 5.32 Å². The van der Waals surface area contributed by atoms with Gasteiger partial charge in [-0.05, 0) is 51.7 Å². The van der Waals surface area contributed by atoms with Crippen molar-refractivity contribution in [3.8, 4) is 11.1 Å². The molecule has 4 aromatic rings.